The Balaban J connectivity index is 2.15. The summed E-state index contributed by atoms with van der Waals surface area (Å²) in [6, 6.07) is 0. The molecule has 1 aliphatic rings. The van der Waals surface area contributed by atoms with Crippen LogP contribution in [0.1, 0.15) is 19.8 Å². The number of ether oxygens (including phenoxy) is 1. The highest BCUT2D eigenvalue weighted by molar-refractivity contribution is 5.68. The molecule has 1 aromatic heterocycles. The molecule has 19 heavy (non-hydrogen) atoms. The summed E-state index contributed by atoms with van der Waals surface area (Å²) in [5, 5.41) is 11.0. The Morgan fingerprint density at radius 3 is 2.79 bits per heavy atom. The molecule has 0 saturated carbocycles. The van der Waals surface area contributed by atoms with Gasteiger partial charge in [0.25, 0.3) is 0 Å². The second kappa shape index (κ2) is 5.79. The summed E-state index contributed by atoms with van der Waals surface area (Å²) in [7, 11) is 0. The predicted molar refractivity (Wildman–Crippen MR) is 70.0 cm³/mol. The molecule has 0 unspecified atom stereocenters. The van der Waals surface area contributed by atoms with Crippen molar-refractivity contribution in [1.29, 1.82) is 0 Å². The maximum absolute atomic E-state index is 11.0. The molecule has 8 nitrogen and oxygen atoms in total. The van der Waals surface area contributed by atoms with Crippen molar-refractivity contribution in [3.8, 4) is 0 Å². The lowest BCUT2D eigenvalue weighted by molar-refractivity contribution is -0.383. The van der Waals surface area contributed by atoms with Crippen LogP contribution in [0.25, 0.3) is 0 Å². The number of nitrogens with two attached hydrogens (primary N) is 1. The summed E-state index contributed by atoms with van der Waals surface area (Å²) in [5.74, 6) is 0.203. The Bertz CT molecular complexity index is 460. The van der Waals surface area contributed by atoms with Crippen LogP contribution in [0, 0.1) is 10.1 Å². The molecule has 0 amide bonds. The summed E-state index contributed by atoms with van der Waals surface area (Å²) in [6.45, 7) is 3.98. The molecule has 1 fully saturated rings. The van der Waals surface area contributed by atoms with Crippen molar-refractivity contribution in [1.82, 2.24) is 9.97 Å². The van der Waals surface area contributed by atoms with E-state index < -0.39 is 4.92 Å². The number of hydrogen-bond acceptors (Lipinski definition) is 7. The standard InChI is InChI=1S/C11H17N5O3/c1-2-19-8-3-5-15(6-4-8)11-9(16(17)18)10(12)13-7-14-11/h7-8H,2-6H2,1H3,(H2,12,13,14). The SMILES string of the molecule is CCOC1CCN(c2ncnc(N)c2[N+](=O)[O-])CC1. The van der Waals surface area contributed by atoms with Gasteiger partial charge in [-0.15, -0.1) is 0 Å². The molecule has 1 aromatic rings. The smallest absolute Gasteiger partial charge is 0.353 e. The zero-order chi connectivity index (χ0) is 13.8. The molecule has 104 valence electrons. The summed E-state index contributed by atoms with van der Waals surface area (Å²) in [5.41, 5.74) is 5.35. The highest BCUT2D eigenvalue weighted by Gasteiger charge is 2.28. The number of nitro groups is 1. The Morgan fingerprint density at radius 1 is 1.53 bits per heavy atom. The molecule has 0 spiro atoms. The third-order valence-corrected chi connectivity index (χ3v) is 3.16. The van der Waals surface area contributed by atoms with Crippen molar-refractivity contribution in [2.75, 3.05) is 30.3 Å². The minimum absolute atomic E-state index is 0.0954. The van der Waals surface area contributed by atoms with Gasteiger partial charge in [-0.1, -0.05) is 0 Å². The first kappa shape index (κ1) is 13.5. The first-order chi connectivity index (χ1) is 9.13. The van der Waals surface area contributed by atoms with Crippen LogP contribution in [0.5, 0.6) is 0 Å². The quantitative estimate of drug-likeness (QED) is 0.639. The van der Waals surface area contributed by atoms with Gasteiger partial charge in [-0.2, -0.15) is 0 Å². The van der Waals surface area contributed by atoms with E-state index >= 15 is 0 Å². The van der Waals surface area contributed by atoms with Gasteiger partial charge in [0, 0.05) is 19.7 Å². The summed E-state index contributed by atoms with van der Waals surface area (Å²) < 4.78 is 5.55. The van der Waals surface area contributed by atoms with Gasteiger partial charge >= 0.3 is 5.69 Å². The predicted octanol–water partition coefficient (Wildman–Crippen LogP) is 0.972. The first-order valence-corrected chi connectivity index (χ1v) is 6.25. The lowest BCUT2D eigenvalue weighted by atomic mass is 10.1. The van der Waals surface area contributed by atoms with E-state index in [1.54, 1.807) is 0 Å². The van der Waals surface area contributed by atoms with Crippen LogP contribution in [0.3, 0.4) is 0 Å². The van der Waals surface area contributed by atoms with E-state index in [0.717, 1.165) is 12.8 Å². The molecule has 0 aromatic carbocycles. The topological polar surface area (TPSA) is 107 Å². The van der Waals surface area contributed by atoms with Gasteiger partial charge in [0.1, 0.15) is 6.33 Å². The maximum Gasteiger partial charge on any atom is 0.353 e. The van der Waals surface area contributed by atoms with Crippen LogP contribution >= 0.6 is 0 Å². The van der Waals surface area contributed by atoms with Gasteiger partial charge in [-0.05, 0) is 19.8 Å². The molecule has 2 heterocycles. The molecule has 0 aliphatic carbocycles. The molecular weight excluding hydrogens is 250 g/mol. The normalized spacial score (nSPS) is 16.6. The average molecular weight is 267 g/mol. The van der Waals surface area contributed by atoms with E-state index in [-0.39, 0.29) is 17.6 Å². The fourth-order valence-electron chi connectivity index (χ4n) is 2.26. The van der Waals surface area contributed by atoms with Crippen LogP contribution in [0.4, 0.5) is 17.3 Å². The van der Waals surface area contributed by atoms with E-state index in [1.165, 1.54) is 6.33 Å². The molecule has 2 N–H and O–H groups in total. The van der Waals surface area contributed by atoms with Gasteiger partial charge in [0.05, 0.1) is 11.0 Å². The number of aromatic nitrogens is 2. The van der Waals surface area contributed by atoms with Crippen molar-refractivity contribution in [3.05, 3.63) is 16.4 Å². The Kier molecular flexibility index (Phi) is 4.10. The molecule has 1 aliphatic heterocycles. The van der Waals surface area contributed by atoms with E-state index in [4.69, 9.17) is 10.5 Å². The summed E-state index contributed by atoms with van der Waals surface area (Å²) in [6.07, 6.45) is 3.13. The Hall–Kier alpha value is -1.96. The number of anilines is 2. The van der Waals surface area contributed by atoms with E-state index in [0.29, 0.717) is 25.5 Å². The number of nitrogen functional groups attached to an aromatic ring is 1. The number of nitrogens with zero attached hydrogens (tertiary/aromatic N) is 4. The van der Waals surface area contributed by atoms with Crippen molar-refractivity contribution in [2.45, 2.75) is 25.9 Å². The first-order valence-electron chi connectivity index (χ1n) is 6.25. The molecular formula is C11H17N5O3. The maximum atomic E-state index is 11.0. The van der Waals surface area contributed by atoms with Gasteiger partial charge in [-0.3, -0.25) is 10.1 Å². The zero-order valence-corrected chi connectivity index (χ0v) is 10.8. The minimum Gasteiger partial charge on any atom is -0.378 e. The van der Waals surface area contributed by atoms with E-state index in [9.17, 15) is 10.1 Å². The fourth-order valence-corrected chi connectivity index (χ4v) is 2.26. The molecule has 0 bridgehead atoms. The van der Waals surface area contributed by atoms with Gasteiger partial charge in [0.15, 0.2) is 0 Å². The average Bonchev–Trinajstić information content (AvgIpc) is 2.39. The van der Waals surface area contributed by atoms with Crippen LogP contribution in [-0.2, 0) is 4.74 Å². The molecule has 8 heteroatoms. The largest absolute Gasteiger partial charge is 0.378 e. The lowest BCUT2D eigenvalue weighted by Gasteiger charge is -2.32. The van der Waals surface area contributed by atoms with Crippen LogP contribution in [-0.4, -0.2) is 40.7 Å². The van der Waals surface area contributed by atoms with Crippen molar-refractivity contribution in [2.24, 2.45) is 0 Å². The van der Waals surface area contributed by atoms with Crippen molar-refractivity contribution in [3.63, 3.8) is 0 Å². The zero-order valence-electron chi connectivity index (χ0n) is 10.8. The van der Waals surface area contributed by atoms with E-state index in [2.05, 4.69) is 9.97 Å². The van der Waals surface area contributed by atoms with Gasteiger partial charge < -0.3 is 15.4 Å². The van der Waals surface area contributed by atoms with Crippen molar-refractivity contribution >= 4 is 17.3 Å². The number of rotatable bonds is 4. The monoisotopic (exact) mass is 267 g/mol. The van der Waals surface area contributed by atoms with Crippen LogP contribution < -0.4 is 10.6 Å². The molecule has 0 atom stereocenters. The second-order valence-electron chi connectivity index (χ2n) is 4.33. The van der Waals surface area contributed by atoms with Gasteiger partial charge in [0.2, 0.25) is 11.6 Å². The second-order valence-corrected chi connectivity index (χ2v) is 4.33. The third kappa shape index (κ3) is 2.90. The Labute approximate surface area is 110 Å². The number of piperidine rings is 1. The molecule has 1 saturated heterocycles. The van der Waals surface area contributed by atoms with E-state index in [1.807, 2.05) is 11.8 Å². The lowest BCUT2D eigenvalue weighted by Crippen LogP contribution is -2.38. The summed E-state index contributed by atoms with van der Waals surface area (Å²) in [4.78, 5) is 20.1. The molecule has 2 rings (SSSR count). The van der Waals surface area contributed by atoms with Crippen LogP contribution in [0.15, 0.2) is 6.33 Å². The Morgan fingerprint density at radius 2 is 2.21 bits per heavy atom. The van der Waals surface area contributed by atoms with Gasteiger partial charge in [-0.25, -0.2) is 9.97 Å². The highest BCUT2D eigenvalue weighted by atomic mass is 16.6. The highest BCUT2D eigenvalue weighted by Crippen LogP contribution is 2.31. The fraction of sp³-hybridized carbons (Fsp3) is 0.636. The van der Waals surface area contributed by atoms with Crippen molar-refractivity contribution < 1.29 is 9.66 Å². The minimum atomic E-state index is -0.528. The van der Waals surface area contributed by atoms with Crippen LogP contribution in [0.2, 0.25) is 0 Å². The number of hydrogen-bond donors (Lipinski definition) is 1. The summed E-state index contributed by atoms with van der Waals surface area (Å²) >= 11 is 0. The molecule has 0 radical (unpaired) electrons. The third-order valence-electron chi connectivity index (χ3n) is 3.16.